The molecule has 0 radical (unpaired) electrons. The van der Waals surface area contributed by atoms with Crippen LogP contribution in [0.1, 0.15) is 11.1 Å². The zero-order valence-corrected chi connectivity index (χ0v) is 14.5. The third kappa shape index (κ3) is 4.55. The van der Waals surface area contributed by atoms with Gasteiger partial charge in [0, 0.05) is 23.9 Å². The number of benzene rings is 2. The quantitative estimate of drug-likeness (QED) is 0.637. The zero-order chi connectivity index (χ0) is 17.6. The minimum absolute atomic E-state index is 0.0265. The van der Waals surface area contributed by atoms with Crippen molar-refractivity contribution in [2.75, 3.05) is 23.8 Å². The number of hydrogen-bond donors (Lipinski definition) is 3. The molecule has 0 bridgehead atoms. The molecule has 0 amide bonds. The molecule has 1 heterocycles. The van der Waals surface area contributed by atoms with Gasteiger partial charge in [-0.1, -0.05) is 36.4 Å². The summed E-state index contributed by atoms with van der Waals surface area (Å²) in [5, 5.41) is 15.4. The number of aliphatic hydroxyl groups excluding tert-OH is 1. The molecule has 0 aliphatic rings. The molecule has 0 saturated carbocycles. The monoisotopic (exact) mass is 334 g/mol. The first-order chi connectivity index (χ1) is 12.1. The molecule has 0 atom stereocenters. The number of aliphatic hydroxyl groups is 1. The van der Waals surface area contributed by atoms with Crippen LogP contribution in [-0.4, -0.2) is 28.2 Å². The molecule has 0 spiro atoms. The van der Waals surface area contributed by atoms with Crippen LogP contribution in [-0.2, 0) is 0 Å². The molecule has 0 unspecified atom stereocenters. The predicted octanol–water partition coefficient (Wildman–Crippen LogP) is 3.91. The van der Waals surface area contributed by atoms with Gasteiger partial charge in [0.05, 0.1) is 12.3 Å². The lowest BCUT2D eigenvalue weighted by molar-refractivity contribution is 0.311. The van der Waals surface area contributed by atoms with E-state index in [4.69, 9.17) is 5.11 Å². The van der Waals surface area contributed by atoms with E-state index in [9.17, 15) is 0 Å². The van der Waals surface area contributed by atoms with E-state index in [2.05, 4.69) is 52.6 Å². The molecule has 3 rings (SSSR count). The number of nitrogens with one attached hydrogen (secondary N) is 2. The van der Waals surface area contributed by atoms with Crippen LogP contribution < -0.4 is 10.6 Å². The standard InChI is InChI=1S/C20H22N4O/c1-14-10-15(2)12-17(11-14)22-19-13-18(16-6-4-3-5-7-16)23-20(24-19)21-8-9-25/h3-7,10-13,25H,8-9H2,1-2H3,(H2,21,22,23,24). The topological polar surface area (TPSA) is 70.1 Å². The van der Waals surface area contributed by atoms with Crippen molar-refractivity contribution in [3.05, 3.63) is 65.7 Å². The van der Waals surface area contributed by atoms with Crippen molar-refractivity contribution < 1.29 is 5.11 Å². The van der Waals surface area contributed by atoms with Gasteiger partial charge in [-0.15, -0.1) is 0 Å². The molecule has 3 aromatic rings. The Labute approximate surface area is 147 Å². The van der Waals surface area contributed by atoms with E-state index in [0.29, 0.717) is 18.3 Å². The van der Waals surface area contributed by atoms with Gasteiger partial charge in [-0.3, -0.25) is 0 Å². The van der Waals surface area contributed by atoms with Crippen LogP contribution >= 0.6 is 0 Å². The average molecular weight is 334 g/mol. The Hall–Kier alpha value is -2.92. The maximum Gasteiger partial charge on any atom is 0.225 e. The van der Waals surface area contributed by atoms with Crippen LogP contribution in [0.25, 0.3) is 11.3 Å². The largest absolute Gasteiger partial charge is 0.395 e. The van der Waals surface area contributed by atoms with Gasteiger partial charge in [0.2, 0.25) is 5.95 Å². The molecule has 5 nitrogen and oxygen atoms in total. The molecule has 5 heteroatoms. The van der Waals surface area contributed by atoms with E-state index >= 15 is 0 Å². The predicted molar refractivity (Wildman–Crippen MR) is 102 cm³/mol. The molecule has 0 fully saturated rings. The highest BCUT2D eigenvalue weighted by atomic mass is 16.3. The van der Waals surface area contributed by atoms with E-state index in [0.717, 1.165) is 16.9 Å². The van der Waals surface area contributed by atoms with Crippen molar-refractivity contribution in [2.45, 2.75) is 13.8 Å². The van der Waals surface area contributed by atoms with Crippen molar-refractivity contribution in [1.82, 2.24) is 9.97 Å². The van der Waals surface area contributed by atoms with Gasteiger partial charge in [0.25, 0.3) is 0 Å². The highest BCUT2D eigenvalue weighted by Gasteiger charge is 2.07. The first-order valence-electron chi connectivity index (χ1n) is 8.28. The maximum atomic E-state index is 9.05. The Morgan fingerprint density at radius 1 is 0.920 bits per heavy atom. The summed E-state index contributed by atoms with van der Waals surface area (Å²) in [5.74, 6) is 1.20. The van der Waals surface area contributed by atoms with Gasteiger partial charge < -0.3 is 15.7 Å². The van der Waals surface area contributed by atoms with E-state index in [-0.39, 0.29) is 6.61 Å². The van der Waals surface area contributed by atoms with Gasteiger partial charge in [-0.25, -0.2) is 4.98 Å². The van der Waals surface area contributed by atoms with Crippen LogP contribution in [0.2, 0.25) is 0 Å². The zero-order valence-electron chi connectivity index (χ0n) is 14.5. The lowest BCUT2D eigenvalue weighted by Gasteiger charge is -2.12. The first kappa shape index (κ1) is 16.9. The van der Waals surface area contributed by atoms with Gasteiger partial charge in [0.15, 0.2) is 0 Å². The molecule has 0 aliphatic carbocycles. The van der Waals surface area contributed by atoms with Gasteiger partial charge in [-0.2, -0.15) is 4.98 Å². The average Bonchev–Trinajstić information content (AvgIpc) is 2.59. The highest BCUT2D eigenvalue weighted by Crippen LogP contribution is 2.24. The fraction of sp³-hybridized carbons (Fsp3) is 0.200. The van der Waals surface area contributed by atoms with E-state index in [1.54, 1.807) is 0 Å². The van der Waals surface area contributed by atoms with Crippen molar-refractivity contribution in [3.63, 3.8) is 0 Å². The summed E-state index contributed by atoms with van der Waals surface area (Å²) in [4.78, 5) is 9.05. The van der Waals surface area contributed by atoms with Crippen molar-refractivity contribution in [1.29, 1.82) is 0 Å². The second-order valence-corrected chi connectivity index (χ2v) is 5.98. The van der Waals surface area contributed by atoms with Gasteiger partial charge >= 0.3 is 0 Å². The fourth-order valence-corrected chi connectivity index (χ4v) is 2.71. The fourth-order valence-electron chi connectivity index (χ4n) is 2.71. The van der Waals surface area contributed by atoms with Crippen molar-refractivity contribution in [3.8, 4) is 11.3 Å². The Morgan fingerprint density at radius 3 is 2.32 bits per heavy atom. The molecular formula is C20H22N4O. The lowest BCUT2D eigenvalue weighted by Crippen LogP contribution is -2.10. The molecule has 2 aromatic carbocycles. The molecule has 3 N–H and O–H groups in total. The molecule has 128 valence electrons. The Kier molecular flexibility index (Phi) is 5.26. The summed E-state index contributed by atoms with van der Waals surface area (Å²) >= 11 is 0. The van der Waals surface area contributed by atoms with Gasteiger partial charge in [-0.05, 0) is 37.1 Å². The van der Waals surface area contributed by atoms with E-state index in [1.807, 2.05) is 36.4 Å². The summed E-state index contributed by atoms with van der Waals surface area (Å²) in [7, 11) is 0. The van der Waals surface area contributed by atoms with Crippen LogP contribution in [0.3, 0.4) is 0 Å². The van der Waals surface area contributed by atoms with E-state index in [1.165, 1.54) is 11.1 Å². The molecule has 1 aromatic heterocycles. The Balaban J connectivity index is 1.96. The number of aryl methyl sites for hydroxylation is 2. The highest BCUT2D eigenvalue weighted by molar-refractivity contribution is 5.67. The minimum Gasteiger partial charge on any atom is -0.395 e. The SMILES string of the molecule is Cc1cc(C)cc(Nc2cc(-c3ccccc3)nc(NCCO)n2)c1. The number of anilines is 3. The summed E-state index contributed by atoms with van der Waals surface area (Å²) < 4.78 is 0. The lowest BCUT2D eigenvalue weighted by atomic mass is 10.1. The number of aromatic nitrogens is 2. The molecule has 25 heavy (non-hydrogen) atoms. The van der Waals surface area contributed by atoms with Crippen LogP contribution in [0.4, 0.5) is 17.5 Å². The summed E-state index contributed by atoms with van der Waals surface area (Å²) in [6.45, 7) is 4.57. The molecular weight excluding hydrogens is 312 g/mol. The maximum absolute atomic E-state index is 9.05. The third-order valence-corrected chi connectivity index (χ3v) is 3.68. The minimum atomic E-state index is 0.0265. The van der Waals surface area contributed by atoms with Crippen LogP contribution in [0, 0.1) is 13.8 Å². The Morgan fingerprint density at radius 2 is 1.64 bits per heavy atom. The smallest absolute Gasteiger partial charge is 0.225 e. The van der Waals surface area contributed by atoms with Crippen LogP contribution in [0.5, 0.6) is 0 Å². The first-order valence-corrected chi connectivity index (χ1v) is 8.28. The number of nitrogens with zero attached hydrogens (tertiary/aromatic N) is 2. The van der Waals surface area contributed by atoms with Crippen LogP contribution in [0.15, 0.2) is 54.6 Å². The van der Waals surface area contributed by atoms with E-state index < -0.39 is 0 Å². The normalized spacial score (nSPS) is 10.5. The third-order valence-electron chi connectivity index (χ3n) is 3.68. The van der Waals surface area contributed by atoms with Crippen molar-refractivity contribution >= 4 is 17.5 Å². The second-order valence-electron chi connectivity index (χ2n) is 5.98. The molecule has 0 aliphatic heterocycles. The summed E-state index contributed by atoms with van der Waals surface area (Å²) in [6, 6.07) is 18.2. The summed E-state index contributed by atoms with van der Waals surface area (Å²) in [5.41, 5.74) is 5.21. The summed E-state index contributed by atoms with van der Waals surface area (Å²) in [6.07, 6.45) is 0. The second kappa shape index (κ2) is 7.77. The molecule has 0 saturated heterocycles. The van der Waals surface area contributed by atoms with Gasteiger partial charge in [0.1, 0.15) is 5.82 Å². The van der Waals surface area contributed by atoms with Crippen molar-refractivity contribution in [2.24, 2.45) is 0 Å². The number of hydrogen-bond acceptors (Lipinski definition) is 5. The Bertz CT molecular complexity index is 829. The number of rotatable bonds is 6.